The number of hydrogen-bond donors (Lipinski definition) is 1. The quantitative estimate of drug-likeness (QED) is 0.810. The van der Waals surface area contributed by atoms with Crippen molar-refractivity contribution in [2.75, 3.05) is 0 Å². The molecule has 2 rings (SSSR count). The van der Waals surface area contributed by atoms with Crippen LogP contribution in [0.25, 0.3) is 11.3 Å². The lowest BCUT2D eigenvalue weighted by molar-refractivity contribution is 1.09. The summed E-state index contributed by atoms with van der Waals surface area (Å²) in [4.78, 5) is 0. The van der Waals surface area contributed by atoms with E-state index >= 15 is 0 Å². The summed E-state index contributed by atoms with van der Waals surface area (Å²) in [6.07, 6.45) is 1.76. The van der Waals surface area contributed by atoms with Gasteiger partial charge in [-0.2, -0.15) is 5.10 Å². The Bertz CT molecular complexity index is 407. The van der Waals surface area contributed by atoms with Crippen LogP contribution < -0.4 is 0 Å². The molecule has 13 heavy (non-hydrogen) atoms. The molecule has 1 N–H and O–H groups in total. The van der Waals surface area contributed by atoms with Gasteiger partial charge in [0.25, 0.3) is 0 Å². The van der Waals surface area contributed by atoms with E-state index in [1.54, 1.807) is 6.20 Å². The number of halogens is 1. The number of aromatic nitrogens is 2. The first-order valence-electron chi connectivity index (χ1n) is 4.03. The van der Waals surface area contributed by atoms with Crippen LogP contribution in [-0.2, 0) is 0 Å². The number of nitrogens with zero attached hydrogens (tertiary/aromatic N) is 1. The van der Waals surface area contributed by atoms with Gasteiger partial charge < -0.3 is 0 Å². The van der Waals surface area contributed by atoms with E-state index in [0.717, 1.165) is 10.2 Å². The molecule has 0 amide bonds. The molecular weight excluding hydrogens is 228 g/mol. The lowest BCUT2D eigenvalue weighted by Gasteiger charge is -2.01. The smallest absolute Gasteiger partial charge is 0.0650 e. The maximum atomic E-state index is 3.91. The van der Waals surface area contributed by atoms with Gasteiger partial charge >= 0.3 is 0 Å². The molecule has 2 nitrogen and oxygen atoms in total. The lowest BCUT2D eigenvalue weighted by atomic mass is 10.1. The molecule has 0 unspecified atom stereocenters. The summed E-state index contributed by atoms with van der Waals surface area (Å²) < 4.78 is 1.13. The Kier molecular flexibility index (Phi) is 2.19. The third kappa shape index (κ3) is 1.65. The van der Waals surface area contributed by atoms with Crippen LogP contribution in [0, 0.1) is 6.92 Å². The number of aryl methyl sites for hydroxylation is 1. The van der Waals surface area contributed by atoms with Crippen LogP contribution in [0.5, 0.6) is 0 Å². The van der Waals surface area contributed by atoms with Crippen molar-refractivity contribution >= 4 is 15.9 Å². The molecule has 0 spiro atoms. The van der Waals surface area contributed by atoms with Crippen LogP contribution in [0.3, 0.4) is 0 Å². The van der Waals surface area contributed by atoms with Gasteiger partial charge in [0.1, 0.15) is 0 Å². The van der Waals surface area contributed by atoms with Crippen molar-refractivity contribution in [1.29, 1.82) is 0 Å². The number of nitrogens with one attached hydrogen (secondary N) is 1. The summed E-state index contributed by atoms with van der Waals surface area (Å²) in [6.45, 7) is 2.07. The van der Waals surface area contributed by atoms with Gasteiger partial charge in [0.2, 0.25) is 0 Å². The minimum Gasteiger partial charge on any atom is -0.278 e. The molecule has 0 fully saturated rings. The number of H-pyrrole nitrogens is 1. The number of hydrogen-bond acceptors (Lipinski definition) is 1. The van der Waals surface area contributed by atoms with Crippen LogP contribution in [0.4, 0.5) is 0 Å². The standard InChI is InChI=1S/C10H9BrN2/c1-7-6-8(2-3-9(7)11)10-4-5-12-13-10/h2-6H,1H3,(H,12,13). The van der Waals surface area contributed by atoms with Gasteiger partial charge in [0.15, 0.2) is 0 Å². The molecule has 0 atom stereocenters. The van der Waals surface area contributed by atoms with Crippen LogP contribution in [0.1, 0.15) is 5.56 Å². The van der Waals surface area contributed by atoms with E-state index in [2.05, 4.69) is 45.2 Å². The fourth-order valence-electron chi connectivity index (χ4n) is 1.23. The predicted octanol–water partition coefficient (Wildman–Crippen LogP) is 3.15. The van der Waals surface area contributed by atoms with Gasteiger partial charge in [-0.15, -0.1) is 0 Å². The van der Waals surface area contributed by atoms with Gasteiger partial charge in [-0.3, -0.25) is 5.10 Å². The first kappa shape index (κ1) is 8.51. The molecule has 1 aromatic heterocycles. The van der Waals surface area contributed by atoms with E-state index in [9.17, 15) is 0 Å². The molecular formula is C10H9BrN2. The molecule has 1 heterocycles. The number of aromatic amines is 1. The van der Waals surface area contributed by atoms with Crippen molar-refractivity contribution < 1.29 is 0 Å². The van der Waals surface area contributed by atoms with Crippen LogP contribution in [0.2, 0.25) is 0 Å². The zero-order chi connectivity index (χ0) is 9.26. The Hall–Kier alpha value is -1.09. The summed E-state index contributed by atoms with van der Waals surface area (Å²) >= 11 is 3.47. The second kappa shape index (κ2) is 3.34. The molecule has 3 heteroatoms. The first-order chi connectivity index (χ1) is 6.27. The Balaban J connectivity index is 2.49. The first-order valence-corrected chi connectivity index (χ1v) is 4.82. The van der Waals surface area contributed by atoms with E-state index < -0.39 is 0 Å². The second-order valence-electron chi connectivity index (χ2n) is 2.93. The van der Waals surface area contributed by atoms with Crippen molar-refractivity contribution in [3.8, 4) is 11.3 Å². The van der Waals surface area contributed by atoms with E-state index in [0.29, 0.717) is 0 Å². The molecule has 0 saturated heterocycles. The van der Waals surface area contributed by atoms with Crippen LogP contribution >= 0.6 is 15.9 Å². The van der Waals surface area contributed by atoms with Crippen LogP contribution in [0.15, 0.2) is 34.9 Å². The highest BCUT2D eigenvalue weighted by molar-refractivity contribution is 9.10. The van der Waals surface area contributed by atoms with Gasteiger partial charge in [0, 0.05) is 10.7 Å². The Morgan fingerprint density at radius 3 is 2.77 bits per heavy atom. The van der Waals surface area contributed by atoms with Crippen LogP contribution in [-0.4, -0.2) is 10.2 Å². The molecule has 0 aliphatic heterocycles. The average Bonchev–Trinajstić information content (AvgIpc) is 2.62. The van der Waals surface area contributed by atoms with Crippen molar-refractivity contribution in [2.24, 2.45) is 0 Å². The number of benzene rings is 1. The number of rotatable bonds is 1. The summed E-state index contributed by atoms with van der Waals surface area (Å²) in [6, 6.07) is 8.19. The summed E-state index contributed by atoms with van der Waals surface area (Å²) in [5, 5.41) is 6.85. The Morgan fingerprint density at radius 1 is 1.31 bits per heavy atom. The van der Waals surface area contributed by atoms with Crippen molar-refractivity contribution in [3.63, 3.8) is 0 Å². The normalized spacial score (nSPS) is 10.3. The molecule has 2 aromatic rings. The third-order valence-corrected chi connectivity index (χ3v) is 2.86. The van der Waals surface area contributed by atoms with E-state index in [1.807, 2.05) is 12.1 Å². The maximum absolute atomic E-state index is 3.91. The van der Waals surface area contributed by atoms with Gasteiger partial charge in [-0.05, 0) is 36.2 Å². The van der Waals surface area contributed by atoms with E-state index in [-0.39, 0.29) is 0 Å². The average molecular weight is 237 g/mol. The zero-order valence-electron chi connectivity index (χ0n) is 7.21. The van der Waals surface area contributed by atoms with Gasteiger partial charge in [-0.1, -0.05) is 22.0 Å². The lowest BCUT2D eigenvalue weighted by Crippen LogP contribution is -1.81. The summed E-state index contributed by atoms with van der Waals surface area (Å²) in [7, 11) is 0. The fraction of sp³-hybridized carbons (Fsp3) is 0.100. The molecule has 0 bridgehead atoms. The summed E-state index contributed by atoms with van der Waals surface area (Å²) in [5.41, 5.74) is 3.45. The molecule has 0 aliphatic rings. The third-order valence-electron chi connectivity index (χ3n) is 1.97. The van der Waals surface area contributed by atoms with Crippen molar-refractivity contribution in [3.05, 3.63) is 40.5 Å². The second-order valence-corrected chi connectivity index (χ2v) is 3.79. The van der Waals surface area contributed by atoms with Gasteiger partial charge in [0.05, 0.1) is 5.69 Å². The SMILES string of the molecule is Cc1cc(-c2ccn[nH]2)ccc1Br. The van der Waals surface area contributed by atoms with E-state index in [1.165, 1.54) is 11.1 Å². The predicted molar refractivity (Wildman–Crippen MR) is 56.5 cm³/mol. The Labute approximate surface area is 85.1 Å². The minimum atomic E-state index is 1.05. The van der Waals surface area contributed by atoms with Crippen molar-refractivity contribution in [2.45, 2.75) is 6.92 Å². The highest BCUT2D eigenvalue weighted by atomic mass is 79.9. The molecule has 1 aromatic carbocycles. The van der Waals surface area contributed by atoms with Crippen molar-refractivity contribution in [1.82, 2.24) is 10.2 Å². The van der Waals surface area contributed by atoms with E-state index in [4.69, 9.17) is 0 Å². The topological polar surface area (TPSA) is 28.7 Å². The minimum absolute atomic E-state index is 1.05. The molecule has 0 aliphatic carbocycles. The molecule has 0 radical (unpaired) electrons. The monoisotopic (exact) mass is 236 g/mol. The largest absolute Gasteiger partial charge is 0.278 e. The Morgan fingerprint density at radius 2 is 2.15 bits per heavy atom. The highest BCUT2D eigenvalue weighted by Crippen LogP contribution is 2.22. The fourth-order valence-corrected chi connectivity index (χ4v) is 1.48. The molecule has 0 saturated carbocycles. The molecule has 66 valence electrons. The highest BCUT2D eigenvalue weighted by Gasteiger charge is 2.00. The maximum Gasteiger partial charge on any atom is 0.0650 e. The van der Waals surface area contributed by atoms with Gasteiger partial charge in [-0.25, -0.2) is 0 Å². The zero-order valence-corrected chi connectivity index (χ0v) is 8.80. The summed E-state index contributed by atoms with van der Waals surface area (Å²) in [5.74, 6) is 0.